The van der Waals surface area contributed by atoms with E-state index in [1.54, 1.807) is 16.7 Å². The van der Waals surface area contributed by atoms with Crippen LogP contribution in [-0.4, -0.2) is 28.5 Å². The number of hydrogen-bond acceptors (Lipinski definition) is 3. The molecule has 0 bridgehead atoms. The van der Waals surface area contributed by atoms with Gasteiger partial charge in [-0.05, 0) is 24.6 Å². The molecule has 5 heteroatoms. The van der Waals surface area contributed by atoms with Crippen molar-refractivity contribution in [3.8, 4) is 0 Å². The van der Waals surface area contributed by atoms with Gasteiger partial charge in [-0.2, -0.15) is 0 Å². The van der Waals surface area contributed by atoms with E-state index >= 15 is 0 Å². The smallest absolute Gasteiger partial charge is 0.248 e. The molecule has 3 rings (SSSR count). The van der Waals surface area contributed by atoms with Crippen LogP contribution in [-0.2, 0) is 9.59 Å². The molecule has 2 atom stereocenters. The summed E-state index contributed by atoms with van der Waals surface area (Å²) >= 11 is 1.63. The molecule has 0 aliphatic carbocycles. The molecular formula is C19H20N2O2S. The minimum Gasteiger partial charge on any atom is -0.324 e. The number of benzene rings is 2. The molecule has 2 aromatic carbocycles. The maximum Gasteiger partial charge on any atom is 0.248 e. The van der Waals surface area contributed by atoms with Gasteiger partial charge < -0.3 is 10.2 Å². The highest BCUT2D eigenvalue weighted by Gasteiger charge is 2.40. The highest BCUT2D eigenvalue weighted by molar-refractivity contribution is 7.99. The second kappa shape index (κ2) is 7.09. The van der Waals surface area contributed by atoms with Gasteiger partial charge in [0.15, 0.2) is 0 Å². The minimum absolute atomic E-state index is 0.0853. The SMILES string of the molecule is CC(=O)N1[C@H](C(=O)Nc2ccc(C)cc2)CS[C@H]1c1ccccc1. The molecule has 0 aromatic heterocycles. The predicted octanol–water partition coefficient (Wildman–Crippen LogP) is 3.60. The summed E-state index contributed by atoms with van der Waals surface area (Å²) in [5, 5.41) is 2.81. The van der Waals surface area contributed by atoms with E-state index in [1.807, 2.05) is 61.5 Å². The molecule has 24 heavy (non-hydrogen) atoms. The lowest BCUT2D eigenvalue weighted by molar-refractivity contribution is -0.136. The van der Waals surface area contributed by atoms with Gasteiger partial charge in [0.05, 0.1) is 0 Å². The van der Waals surface area contributed by atoms with Crippen molar-refractivity contribution in [1.29, 1.82) is 0 Å². The van der Waals surface area contributed by atoms with Crippen LogP contribution in [0.2, 0.25) is 0 Å². The fourth-order valence-corrected chi connectivity index (χ4v) is 4.31. The third kappa shape index (κ3) is 3.46. The number of thioether (sulfide) groups is 1. The van der Waals surface area contributed by atoms with E-state index in [4.69, 9.17) is 0 Å². The van der Waals surface area contributed by atoms with Crippen molar-refractivity contribution in [2.45, 2.75) is 25.3 Å². The molecule has 1 aliphatic heterocycles. The zero-order valence-electron chi connectivity index (χ0n) is 13.7. The average molecular weight is 340 g/mol. The average Bonchev–Trinajstić information content (AvgIpc) is 3.03. The highest BCUT2D eigenvalue weighted by Crippen LogP contribution is 2.41. The van der Waals surface area contributed by atoms with E-state index < -0.39 is 6.04 Å². The van der Waals surface area contributed by atoms with E-state index in [-0.39, 0.29) is 17.2 Å². The zero-order chi connectivity index (χ0) is 17.1. The maximum absolute atomic E-state index is 12.7. The fraction of sp³-hybridized carbons (Fsp3) is 0.263. The Balaban J connectivity index is 1.78. The highest BCUT2D eigenvalue weighted by atomic mass is 32.2. The summed E-state index contributed by atoms with van der Waals surface area (Å²) in [7, 11) is 0. The molecule has 0 radical (unpaired) electrons. The number of hydrogen-bond donors (Lipinski definition) is 1. The van der Waals surface area contributed by atoms with Crippen LogP contribution in [0.15, 0.2) is 54.6 Å². The maximum atomic E-state index is 12.7. The summed E-state index contributed by atoms with van der Waals surface area (Å²) in [5.41, 5.74) is 2.93. The second-order valence-electron chi connectivity index (χ2n) is 5.89. The lowest BCUT2D eigenvalue weighted by Crippen LogP contribution is -2.44. The van der Waals surface area contributed by atoms with Crippen LogP contribution >= 0.6 is 11.8 Å². The topological polar surface area (TPSA) is 49.4 Å². The van der Waals surface area contributed by atoms with Crippen molar-refractivity contribution in [1.82, 2.24) is 4.90 Å². The first-order valence-corrected chi connectivity index (χ1v) is 8.94. The number of amides is 2. The van der Waals surface area contributed by atoms with E-state index in [9.17, 15) is 9.59 Å². The lowest BCUT2D eigenvalue weighted by Gasteiger charge is -2.27. The third-order valence-electron chi connectivity index (χ3n) is 4.07. The predicted molar refractivity (Wildman–Crippen MR) is 97.8 cm³/mol. The van der Waals surface area contributed by atoms with Gasteiger partial charge in [0, 0.05) is 18.4 Å². The number of rotatable bonds is 3. The second-order valence-corrected chi connectivity index (χ2v) is 7.01. The molecule has 124 valence electrons. The van der Waals surface area contributed by atoms with E-state index in [1.165, 1.54) is 6.92 Å². The molecule has 0 saturated carbocycles. The van der Waals surface area contributed by atoms with Crippen LogP contribution in [0.1, 0.15) is 23.4 Å². The van der Waals surface area contributed by atoms with Crippen molar-refractivity contribution in [2.75, 3.05) is 11.1 Å². The number of carbonyl (C=O) groups excluding carboxylic acids is 2. The first-order chi connectivity index (χ1) is 11.6. The Morgan fingerprint density at radius 2 is 1.75 bits per heavy atom. The standard InChI is InChI=1S/C19H20N2O2S/c1-13-8-10-16(11-9-13)20-18(23)17-12-24-19(21(17)14(2)22)15-6-4-3-5-7-15/h3-11,17,19H,12H2,1-2H3,(H,20,23)/t17-,19-/m0/s1. The zero-order valence-corrected chi connectivity index (χ0v) is 14.5. The molecule has 1 fully saturated rings. The Bertz CT molecular complexity index is 731. The van der Waals surface area contributed by atoms with Crippen molar-refractivity contribution in [3.63, 3.8) is 0 Å². The molecule has 0 spiro atoms. The summed E-state index contributed by atoms with van der Waals surface area (Å²) in [6, 6.07) is 17.0. The van der Waals surface area contributed by atoms with Gasteiger partial charge in [0.25, 0.3) is 0 Å². The van der Waals surface area contributed by atoms with E-state index in [0.29, 0.717) is 5.75 Å². The van der Waals surface area contributed by atoms with Crippen LogP contribution in [0.3, 0.4) is 0 Å². The molecule has 0 unspecified atom stereocenters. The summed E-state index contributed by atoms with van der Waals surface area (Å²) in [6.07, 6.45) is 0. The molecule has 2 aromatic rings. The van der Waals surface area contributed by atoms with E-state index in [2.05, 4.69) is 5.32 Å². The Morgan fingerprint density at radius 1 is 1.08 bits per heavy atom. The van der Waals surface area contributed by atoms with Crippen LogP contribution < -0.4 is 5.32 Å². The largest absolute Gasteiger partial charge is 0.324 e. The Hall–Kier alpha value is -2.27. The minimum atomic E-state index is -0.459. The number of nitrogens with zero attached hydrogens (tertiary/aromatic N) is 1. The van der Waals surface area contributed by atoms with Gasteiger partial charge in [0.2, 0.25) is 11.8 Å². The van der Waals surface area contributed by atoms with Gasteiger partial charge in [-0.1, -0.05) is 48.0 Å². The Kier molecular flexibility index (Phi) is 4.90. The molecule has 1 heterocycles. The van der Waals surface area contributed by atoms with Gasteiger partial charge in [-0.3, -0.25) is 9.59 Å². The first kappa shape index (κ1) is 16.6. The first-order valence-electron chi connectivity index (χ1n) is 7.89. The molecule has 2 amide bonds. The molecule has 1 saturated heterocycles. The summed E-state index contributed by atoms with van der Waals surface area (Å²) in [4.78, 5) is 26.5. The van der Waals surface area contributed by atoms with Gasteiger partial charge in [0.1, 0.15) is 11.4 Å². The number of carbonyl (C=O) groups is 2. The van der Waals surface area contributed by atoms with Crippen LogP contribution in [0, 0.1) is 6.92 Å². The Labute approximate surface area is 146 Å². The van der Waals surface area contributed by atoms with E-state index in [0.717, 1.165) is 16.8 Å². The van der Waals surface area contributed by atoms with Crippen molar-refractivity contribution in [2.24, 2.45) is 0 Å². The van der Waals surface area contributed by atoms with Crippen molar-refractivity contribution >= 4 is 29.3 Å². The molecule has 1 N–H and O–H groups in total. The summed E-state index contributed by atoms with van der Waals surface area (Å²) in [5.74, 6) is 0.370. The quantitative estimate of drug-likeness (QED) is 0.929. The monoisotopic (exact) mass is 340 g/mol. The van der Waals surface area contributed by atoms with Crippen LogP contribution in [0.4, 0.5) is 5.69 Å². The van der Waals surface area contributed by atoms with Gasteiger partial charge >= 0.3 is 0 Å². The van der Waals surface area contributed by atoms with Gasteiger partial charge in [-0.25, -0.2) is 0 Å². The normalized spacial score (nSPS) is 20.0. The number of nitrogens with one attached hydrogen (secondary N) is 1. The summed E-state index contributed by atoms with van der Waals surface area (Å²) in [6.45, 7) is 3.52. The molecule has 4 nitrogen and oxygen atoms in total. The molecule has 1 aliphatic rings. The summed E-state index contributed by atoms with van der Waals surface area (Å²) < 4.78 is 0. The van der Waals surface area contributed by atoms with Gasteiger partial charge in [-0.15, -0.1) is 11.8 Å². The van der Waals surface area contributed by atoms with Crippen LogP contribution in [0.25, 0.3) is 0 Å². The Morgan fingerprint density at radius 3 is 2.38 bits per heavy atom. The van der Waals surface area contributed by atoms with Crippen LogP contribution in [0.5, 0.6) is 0 Å². The number of aryl methyl sites for hydroxylation is 1. The number of anilines is 1. The lowest BCUT2D eigenvalue weighted by atomic mass is 10.1. The fourth-order valence-electron chi connectivity index (χ4n) is 2.83. The third-order valence-corrected chi connectivity index (χ3v) is 5.39. The molecular weight excluding hydrogens is 320 g/mol. The van der Waals surface area contributed by atoms with Crippen molar-refractivity contribution < 1.29 is 9.59 Å². The van der Waals surface area contributed by atoms with Crippen molar-refractivity contribution in [3.05, 3.63) is 65.7 Å².